The first-order valence-electron chi connectivity index (χ1n) is 6.68. The first-order valence-corrected chi connectivity index (χ1v) is 8.95. The van der Waals surface area contributed by atoms with Gasteiger partial charge >= 0.3 is 5.97 Å². The second-order valence-corrected chi connectivity index (χ2v) is 8.46. The SMILES string of the molecule is Cc1c(Br)cc(C(=O)O)cc1S(=O)(=O)NCC1(C)CCC1. The minimum absolute atomic E-state index is 0.0113. The molecule has 116 valence electrons. The summed E-state index contributed by atoms with van der Waals surface area (Å²) in [5.74, 6) is -1.15. The van der Waals surface area contributed by atoms with Gasteiger partial charge in [-0.3, -0.25) is 0 Å². The predicted molar refractivity (Wildman–Crippen MR) is 83.0 cm³/mol. The average molecular weight is 376 g/mol. The fourth-order valence-electron chi connectivity index (χ4n) is 2.36. The maximum atomic E-state index is 12.4. The van der Waals surface area contributed by atoms with E-state index in [0.29, 0.717) is 16.6 Å². The van der Waals surface area contributed by atoms with Gasteiger partial charge in [-0.1, -0.05) is 29.3 Å². The number of sulfonamides is 1. The van der Waals surface area contributed by atoms with E-state index in [1.54, 1.807) is 6.92 Å². The molecular weight excluding hydrogens is 358 g/mol. The minimum atomic E-state index is -3.72. The Balaban J connectivity index is 2.32. The summed E-state index contributed by atoms with van der Waals surface area (Å²) in [4.78, 5) is 11.1. The van der Waals surface area contributed by atoms with E-state index in [1.165, 1.54) is 12.1 Å². The topological polar surface area (TPSA) is 83.5 Å². The number of hydrogen-bond donors (Lipinski definition) is 2. The molecule has 0 saturated heterocycles. The maximum Gasteiger partial charge on any atom is 0.335 e. The Bertz CT molecular complexity index is 680. The van der Waals surface area contributed by atoms with Crippen molar-refractivity contribution in [2.24, 2.45) is 5.41 Å². The van der Waals surface area contributed by atoms with Crippen molar-refractivity contribution in [1.82, 2.24) is 4.72 Å². The van der Waals surface area contributed by atoms with Crippen LogP contribution in [-0.4, -0.2) is 26.0 Å². The molecule has 1 aromatic carbocycles. The highest BCUT2D eigenvalue weighted by atomic mass is 79.9. The Morgan fingerprint density at radius 2 is 2.05 bits per heavy atom. The van der Waals surface area contributed by atoms with E-state index in [2.05, 4.69) is 27.6 Å². The number of carboxylic acids is 1. The van der Waals surface area contributed by atoms with E-state index in [1.807, 2.05) is 0 Å². The van der Waals surface area contributed by atoms with Crippen LogP contribution in [0.5, 0.6) is 0 Å². The van der Waals surface area contributed by atoms with Gasteiger partial charge in [0.1, 0.15) is 0 Å². The van der Waals surface area contributed by atoms with Gasteiger partial charge in [-0.05, 0) is 42.9 Å². The first kappa shape index (κ1) is 16.5. The lowest BCUT2D eigenvalue weighted by Crippen LogP contribution is -2.40. The average Bonchev–Trinajstić information content (AvgIpc) is 2.36. The van der Waals surface area contributed by atoms with E-state index in [-0.39, 0.29) is 15.9 Å². The lowest BCUT2D eigenvalue weighted by Gasteiger charge is -2.38. The standard InChI is InChI=1S/C14H18BrNO4S/c1-9-11(15)6-10(13(17)18)7-12(9)21(19,20)16-8-14(2)4-3-5-14/h6-7,16H,3-5,8H2,1-2H3,(H,17,18). The largest absolute Gasteiger partial charge is 0.478 e. The van der Waals surface area contributed by atoms with Crippen LogP contribution in [-0.2, 0) is 10.0 Å². The zero-order chi connectivity index (χ0) is 15.8. The normalized spacial score (nSPS) is 17.3. The van der Waals surface area contributed by atoms with Crippen LogP contribution in [0.4, 0.5) is 0 Å². The van der Waals surface area contributed by atoms with Crippen molar-refractivity contribution in [3.8, 4) is 0 Å². The van der Waals surface area contributed by atoms with Gasteiger partial charge in [-0.25, -0.2) is 17.9 Å². The first-order chi connectivity index (χ1) is 9.65. The summed E-state index contributed by atoms with van der Waals surface area (Å²) in [6, 6.07) is 2.61. The second kappa shape index (κ2) is 5.70. The summed E-state index contributed by atoms with van der Waals surface area (Å²) in [6.07, 6.45) is 3.14. The zero-order valence-electron chi connectivity index (χ0n) is 11.9. The van der Waals surface area contributed by atoms with Crippen LogP contribution in [0.1, 0.15) is 42.1 Å². The van der Waals surface area contributed by atoms with Crippen molar-refractivity contribution < 1.29 is 18.3 Å². The van der Waals surface area contributed by atoms with Crippen molar-refractivity contribution in [2.75, 3.05) is 6.54 Å². The van der Waals surface area contributed by atoms with Gasteiger partial charge in [0.15, 0.2) is 0 Å². The number of benzene rings is 1. The molecule has 2 rings (SSSR count). The molecule has 7 heteroatoms. The van der Waals surface area contributed by atoms with Gasteiger partial charge < -0.3 is 5.11 Å². The van der Waals surface area contributed by atoms with Crippen molar-refractivity contribution in [3.05, 3.63) is 27.7 Å². The molecule has 1 aromatic rings. The summed E-state index contributed by atoms with van der Waals surface area (Å²) in [5, 5.41) is 9.06. The molecule has 21 heavy (non-hydrogen) atoms. The number of carbonyl (C=O) groups is 1. The number of nitrogens with one attached hydrogen (secondary N) is 1. The van der Waals surface area contributed by atoms with Gasteiger partial charge in [0.05, 0.1) is 10.5 Å². The molecular formula is C14H18BrNO4S. The van der Waals surface area contributed by atoms with Gasteiger partial charge in [-0.2, -0.15) is 0 Å². The summed E-state index contributed by atoms with van der Waals surface area (Å²) in [5.41, 5.74) is 0.469. The Labute approximate surface area is 132 Å². The predicted octanol–water partition coefficient (Wildman–Crippen LogP) is 2.92. The van der Waals surface area contributed by atoms with E-state index < -0.39 is 16.0 Å². The Morgan fingerprint density at radius 3 is 2.52 bits per heavy atom. The Hall–Kier alpha value is -0.920. The summed E-state index contributed by atoms with van der Waals surface area (Å²) in [7, 11) is -3.72. The van der Waals surface area contributed by atoms with Crippen molar-refractivity contribution in [1.29, 1.82) is 0 Å². The van der Waals surface area contributed by atoms with Crippen molar-refractivity contribution in [3.63, 3.8) is 0 Å². The fraction of sp³-hybridized carbons (Fsp3) is 0.500. The zero-order valence-corrected chi connectivity index (χ0v) is 14.3. The second-order valence-electron chi connectivity index (χ2n) is 5.88. The quantitative estimate of drug-likeness (QED) is 0.828. The number of halogens is 1. The molecule has 1 saturated carbocycles. The molecule has 0 amide bonds. The molecule has 0 aliphatic heterocycles. The summed E-state index contributed by atoms with van der Waals surface area (Å²) >= 11 is 3.22. The maximum absolute atomic E-state index is 12.4. The van der Waals surface area contributed by atoms with Gasteiger partial charge in [-0.15, -0.1) is 0 Å². The molecule has 0 unspecified atom stereocenters. The molecule has 0 heterocycles. The summed E-state index contributed by atoms with van der Waals surface area (Å²) in [6.45, 7) is 4.08. The molecule has 0 spiro atoms. The molecule has 1 aliphatic rings. The van der Waals surface area contributed by atoms with Crippen molar-refractivity contribution >= 4 is 31.9 Å². The van der Waals surface area contributed by atoms with Crippen LogP contribution < -0.4 is 4.72 Å². The van der Waals surface area contributed by atoms with Gasteiger partial charge in [0.25, 0.3) is 0 Å². The molecule has 1 fully saturated rings. The molecule has 0 atom stereocenters. The van der Waals surface area contributed by atoms with Gasteiger partial charge in [0.2, 0.25) is 10.0 Å². The highest BCUT2D eigenvalue weighted by molar-refractivity contribution is 9.10. The van der Waals surface area contributed by atoms with E-state index in [0.717, 1.165) is 19.3 Å². The van der Waals surface area contributed by atoms with Crippen LogP contribution in [0.3, 0.4) is 0 Å². The highest BCUT2D eigenvalue weighted by Gasteiger charge is 2.33. The third-order valence-corrected chi connectivity index (χ3v) is 6.43. The fourth-order valence-corrected chi connectivity index (χ4v) is 4.44. The van der Waals surface area contributed by atoms with Gasteiger partial charge in [0, 0.05) is 11.0 Å². The van der Waals surface area contributed by atoms with Crippen LogP contribution in [0.2, 0.25) is 0 Å². The monoisotopic (exact) mass is 375 g/mol. The van der Waals surface area contributed by atoms with Crippen molar-refractivity contribution in [2.45, 2.75) is 38.0 Å². The Morgan fingerprint density at radius 1 is 1.43 bits per heavy atom. The molecule has 5 nitrogen and oxygen atoms in total. The molecule has 0 aromatic heterocycles. The number of aromatic carboxylic acids is 1. The van der Waals surface area contributed by atoms with E-state index in [4.69, 9.17) is 5.11 Å². The highest BCUT2D eigenvalue weighted by Crippen LogP contribution is 2.39. The third-order valence-electron chi connectivity index (χ3n) is 4.08. The number of rotatable bonds is 5. The van der Waals surface area contributed by atoms with E-state index in [9.17, 15) is 13.2 Å². The molecule has 1 aliphatic carbocycles. The minimum Gasteiger partial charge on any atom is -0.478 e. The number of carboxylic acid groups (broad SMARTS) is 1. The van der Waals surface area contributed by atoms with Crippen LogP contribution >= 0.6 is 15.9 Å². The molecule has 0 radical (unpaired) electrons. The van der Waals surface area contributed by atoms with Crippen LogP contribution in [0.25, 0.3) is 0 Å². The number of hydrogen-bond acceptors (Lipinski definition) is 3. The molecule has 0 bridgehead atoms. The molecule has 2 N–H and O–H groups in total. The van der Waals surface area contributed by atoms with E-state index >= 15 is 0 Å². The third kappa shape index (κ3) is 3.46. The Kier molecular flexibility index (Phi) is 4.46. The van der Waals surface area contributed by atoms with Crippen LogP contribution in [0.15, 0.2) is 21.5 Å². The lowest BCUT2D eigenvalue weighted by atomic mass is 9.71. The summed E-state index contributed by atoms with van der Waals surface area (Å²) < 4.78 is 28.0. The smallest absolute Gasteiger partial charge is 0.335 e. The lowest BCUT2D eigenvalue weighted by molar-refractivity contribution is 0.0696. The van der Waals surface area contributed by atoms with Crippen LogP contribution in [0, 0.1) is 12.3 Å².